The minimum absolute atomic E-state index is 0.00968. The number of carbonyl (C=O) groups is 2. The number of hydrogen-bond acceptors (Lipinski definition) is 5. The second kappa shape index (κ2) is 11.5. The summed E-state index contributed by atoms with van der Waals surface area (Å²) in [5.41, 5.74) is 1.01. The van der Waals surface area contributed by atoms with Gasteiger partial charge >= 0.3 is 0 Å². The highest BCUT2D eigenvalue weighted by Crippen LogP contribution is 2.41. The summed E-state index contributed by atoms with van der Waals surface area (Å²) in [6.07, 6.45) is 2.50. The van der Waals surface area contributed by atoms with Gasteiger partial charge in [-0.2, -0.15) is 0 Å². The molecule has 1 aliphatic heterocycles. The van der Waals surface area contributed by atoms with Crippen LogP contribution in [0.3, 0.4) is 0 Å². The summed E-state index contributed by atoms with van der Waals surface area (Å²) in [7, 11) is 1.57. The van der Waals surface area contributed by atoms with Crippen molar-refractivity contribution in [3.05, 3.63) is 69.2 Å². The van der Waals surface area contributed by atoms with Gasteiger partial charge in [0.1, 0.15) is 11.5 Å². The Morgan fingerprint density at radius 1 is 1.03 bits per heavy atom. The van der Waals surface area contributed by atoms with Crippen molar-refractivity contribution < 1.29 is 24.2 Å². The van der Waals surface area contributed by atoms with Gasteiger partial charge in [-0.05, 0) is 54.8 Å². The molecular formula is C25H27Cl2NO5. The summed E-state index contributed by atoms with van der Waals surface area (Å²) in [5, 5.41) is 11.8. The summed E-state index contributed by atoms with van der Waals surface area (Å²) in [5.74, 6) is -1.01. The monoisotopic (exact) mass is 491 g/mol. The number of benzene rings is 2. The highest BCUT2D eigenvalue weighted by atomic mass is 35.5. The van der Waals surface area contributed by atoms with Crippen LogP contribution in [0.5, 0.6) is 5.75 Å². The van der Waals surface area contributed by atoms with Crippen LogP contribution in [0.25, 0.3) is 5.76 Å². The standard InChI is InChI=1S/C25H27Cl2NO5/c1-3-4-14-33-18-9-6-16(7-10-18)23(29)21-22(17-8-11-19(26)20(27)15-17)28(12-5-13-32-2)25(31)24(21)30/h6-11,15,22,29H,3-5,12-14H2,1-2H3/b23-21+. The van der Waals surface area contributed by atoms with E-state index in [0.29, 0.717) is 46.6 Å². The fraction of sp³-hybridized carbons (Fsp3) is 0.360. The molecule has 0 radical (unpaired) electrons. The van der Waals surface area contributed by atoms with Crippen molar-refractivity contribution in [1.82, 2.24) is 4.90 Å². The number of rotatable bonds is 10. The molecule has 8 heteroatoms. The molecule has 2 aromatic carbocycles. The lowest BCUT2D eigenvalue weighted by molar-refractivity contribution is -0.140. The van der Waals surface area contributed by atoms with E-state index in [1.54, 1.807) is 49.6 Å². The number of halogens is 2. The van der Waals surface area contributed by atoms with Gasteiger partial charge in [0.05, 0.1) is 28.3 Å². The Labute approximate surface area is 203 Å². The number of amides is 1. The van der Waals surface area contributed by atoms with E-state index in [-0.39, 0.29) is 17.9 Å². The maximum absolute atomic E-state index is 13.0. The predicted octanol–water partition coefficient (Wildman–Crippen LogP) is 5.63. The Morgan fingerprint density at radius 2 is 1.76 bits per heavy atom. The van der Waals surface area contributed by atoms with E-state index >= 15 is 0 Å². The summed E-state index contributed by atoms with van der Waals surface area (Å²) in [4.78, 5) is 27.3. The molecule has 0 spiro atoms. The lowest BCUT2D eigenvalue weighted by atomic mass is 9.95. The quantitative estimate of drug-likeness (QED) is 0.201. The zero-order valence-electron chi connectivity index (χ0n) is 18.6. The molecule has 1 amide bonds. The van der Waals surface area contributed by atoms with Crippen molar-refractivity contribution in [2.45, 2.75) is 32.2 Å². The number of aliphatic hydroxyl groups is 1. The van der Waals surface area contributed by atoms with E-state index in [4.69, 9.17) is 32.7 Å². The van der Waals surface area contributed by atoms with Crippen LogP contribution in [-0.2, 0) is 14.3 Å². The van der Waals surface area contributed by atoms with E-state index in [1.807, 2.05) is 0 Å². The van der Waals surface area contributed by atoms with Crippen LogP contribution in [-0.4, -0.2) is 48.6 Å². The first-order valence-corrected chi connectivity index (χ1v) is 11.6. The Hall–Kier alpha value is -2.54. The molecule has 0 aromatic heterocycles. The number of unbranched alkanes of at least 4 members (excludes halogenated alkanes) is 1. The molecule has 176 valence electrons. The second-order valence-electron chi connectivity index (χ2n) is 7.74. The van der Waals surface area contributed by atoms with Gasteiger partial charge in [-0.15, -0.1) is 0 Å². The zero-order chi connectivity index (χ0) is 24.0. The molecule has 1 heterocycles. The van der Waals surface area contributed by atoms with Gasteiger partial charge in [-0.1, -0.05) is 42.6 Å². The van der Waals surface area contributed by atoms with E-state index in [9.17, 15) is 14.7 Å². The maximum Gasteiger partial charge on any atom is 0.295 e. The average Bonchev–Trinajstić information content (AvgIpc) is 3.06. The van der Waals surface area contributed by atoms with Crippen LogP contribution < -0.4 is 4.74 Å². The van der Waals surface area contributed by atoms with Crippen LogP contribution >= 0.6 is 23.2 Å². The average molecular weight is 492 g/mol. The topological polar surface area (TPSA) is 76.1 Å². The number of carbonyl (C=O) groups excluding carboxylic acids is 2. The molecule has 0 aliphatic carbocycles. The highest BCUT2D eigenvalue weighted by Gasteiger charge is 2.45. The summed E-state index contributed by atoms with van der Waals surface area (Å²) in [6, 6.07) is 10.9. The van der Waals surface area contributed by atoms with Gasteiger partial charge in [0.15, 0.2) is 0 Å². The van der Waals surface area contributed by atoms with Gasteiger partial charge in [-0.25, -0.2) is 0 Å². The lowest BCUT2D eigenvalue weighted by Gasteiger charge is -2.25. The first-order valence-electron chi connectivity index (χ1n) is 10.8. The van der Waals surface area contributed by atoms with E-state index in [2.05, 4.69) is 6.92 Å². The number of hydrogen-bond donors (Lipinski definition) is 1. The van der Waals surface area contributed by atoms with Crippen molar-refractivity contribution >= 4 is 40.7 Å². The minimum atomic E-state index is -0.794. The minimum Gasteiger partial charge on any atom is -0.507 e. The summed E-state index contributed by atoms with van der Waals surface area (Å²) < 4.78 is 10.8. The molecule has 0 saturated carbocycles. The molecule has 1 N–H and O–H groups in total. The fourth-order valence-electron chi connectivity index (χ4n) is 3.72. The molecule has 3 rings (SSSR count). The SMILES string of the molecule is CCCCOc1ccc(/C(O)=C2\C(=O)C(=O)N(CCCOC)C2c2ccc(Cl)c(Cl)c2)cc1. The number of methoxy groups -OCH3 is 1. The number of Topliss-reactive ketones (excluding diaryl/α,β-unsaturated/α-hetero) is 1. The van der Waals surface area contributed by atoms with Crippen LogP contribution in [0.1, 0.15) is 43.4 Å². The molecule has 0 bridgehead atoms. The summed E-state index contributed by atoms with van der Waals surface area (Å²) >= 11 is 12.3. The van der Waals surface area contributed by atoms with Crippen LogP contribution in [0, 0.1) is 0 Å². The molecule has 6 nitrogen and oxygen atoms in total. The van der Waals surface area contributed by atoms with Gasteiger partial charge in [0, 0.05) is 25.8 Å². The molecule has 1 unspecified atom stereocenters. The predicted molar refractivity (Wildman–Crippen MR) is 129 cm³/mol. The van der Waals surface area contributed by atoms with Gasteiger partial charge < -0.3 is 19.5 Å². The Morgan fingerprint density at radius 3 is 2.39 bits per heavy atom. The number of aliphatic hydroxyl groups excluding tert-OH is 1. The molecule has 33 heavy (non-hydrogen) atoms. The largest absolute Gasteiger partial charge is 0.507 e. The molecule has 1 fully saturated rings. The molecule has 1 atom stereocenters. The molecular weight excluding hydrogens is 465 g/mol. The third-order valence-electron chi connectivity index (χ3n) is 5.44. The number of ether oxygens (including phenoxy) is 2. The maximum atomic E-state index is 13.0. The number of nitrogens with zero attached hydrogens (tertiary/aromatic N) is 1. The van der Waals surface area contributed by atoms with Crippen molar-refractivity contribution in [2.24, 2.45) is 0 Å². The number of ketones is 1. The van der Waals surface area contributed by atoms with E-state index < -0.39 is 17.7 Å². The Balaban J connectivity index is 2.01. The molecule has 1 aliphatic rings. The lowest BCUT2D eigenvalue weighted by Crippen LogP contribution is -2.31. The van der Waals surface area contributed by atoms with Gasteiger partial charge in [0.2, 0.25) is 0 Å². The third kappa shape index (κ3) is 5.69. The highest BCUT2D eigenvalue weighted by molar-refractivity contribution is 6.46. The van der Waals surface area contributed by atoms with E-state index in [0.717, 1.165) is 12.8 Å². The third-order valence-corrected chi connectivity index (χ3v) is 6.18. The van der Waals surface area contributed by atoms with Gasteiger partial charge in [-0.3, -0.25) is 9.59 Å². The summed E-state index contributed by atoms with van der Waals surface area (Å²) in [6.45, 7) is 3.39. The molecule has 2 aromatic rings. The fourth-order valence-corrected chi connectivity index (χ4v) is 4.02. The van der Waals surface area contributed by atoms with Crippen molar-refractivity contribution in [1.29, 1.82) is 0 Å². The van der Waals surface area contributed by atoms with Crippen molar-refractivity contribution in [3.63, 3.8) is 0 Å². The normalized spacial score (nSPS) is 17.6. The first kappa shape index (κ1) is 25.1. The molecule has 1 saturated heterocycles. The number of likely N-dealkylation sites (tertiary alicyclic amines) is 1. The zero-order valence-corrected chi connectivity index (χ0v) is 20.2. The van der Waals surface area contributed by atoms with Crippen LogP contribution in [0.15, 0.2) is 48.0 Å². The van der Waals surface area contributed by atoms with E-state index in [1.165, 1.54) is 4.90 Å². The van der Waals surface area contributed by atoms with Crippen molar-refractivity contribution in [3.8, 4) is 5.75 Å². The first-order chi connectivity index (χ1) is 15.9. The van der Waals surface area contributed by atoms with Gasteiger partial charge in [0.25, 0.3) is 11.7 Å². The Bertz CT molecular complexity index is 1040. The van der Waals surface area contributed by atoms with Crippen molar-refractivity contribution in [2.75, 3.05) is 26.9 Å². The van der Waals surface area contributed by atoms with Crippen LogP contribution in [0.2, 0.25) is 10.0 Å². The smallest absolute Gasteiger partial charge is 0.295 e. The second-order valence-corrected chi connectivity index (χ2v) is 8.55. The Kier molecular flexibility index (Phi) is 8.78. The van der Waals surface area contributed by atoms with Crippen LogP contribution in [0.4, 0.5) is 0 Å².